The summed E-state index contributed by atoms with van der Waals surface area (Å²) < 4.78 is 5.90. The molecule has 0 saturated heterocycles. The van der Waals surface area contributed by atoms with Crippen LogP contribution < -0.4 is 10.5 Å². The second-order valence-corrected chi connectivity index (χ2v) is 5.60. The predicted molar refractivity (Wildman–Crippen MR) is 75.9 cm³/mol. The Kier molecular flexibility index (Phi) is 4.11. The van der Waals surface area contributed by atoms with Gasteiger partial charge in [0.05, 0.1) is 12.7 Å². The van der Waals surface area contributed by atoms with Gasteiger partial charge in [0.2, 0.25) is 0 Å². The largest absolute Gasteiger partial charge is 0.493 e. The Balaban J connectivity index is 1.93. The average molecular weight is 258 g/mol. The van der Waals surface area contributed by atoms with Crippen LogP contribution in [0.5, 0.6) is 5.75 Å². The van der Waals surface area contributed by atoms with Crippen molar-refractivity contribution in [2.45, 2.75) is 45.1 Å². The summed E-state index contributed by atoms with van der Waals surface area (Å²) in [7, 11) is 0. The van der Waals surface area contributed by atoms with Gasteiger partial charge < -0.3 is 10.5 Å². The highest BCUT2D eigenvalue weighted by Gasteiger charge is 2.39. The lowest BCUT2D eigenvalue weighted by Gasteiger charge is -2.24. The van der Waals surface area contributed by atoms with Crippen LogP contribution >= 0.6 is 0 Å². The Labute approximate surface area is 115 Å². The van der Waals surface area contributed by atoms with Crippen molar-refractivity contribution >= 4 is 0 Å². The van der Waals surface area contributed by atoms with Gasteiger partial charge in [-0.15, -0.1) is 0 Å². The van der Waals surface area contributed by atoms with Crippen molar-refractivity contribution in [3.63, 3.8) is 0 Å². The van der Waals surface area contributed by atoms with E-state index in [0.717, 1.165) is 42.6 Å². The van der Waals surface area contributed by atoms with Crippen LogP contribution in [0, 0.1) is 31.1 Å². The molecule has 1 aliphatic rings. The van der Waals surface area contributed by atoms with E-state index in [-0.39, 0.29) is 5.92 Å². The molecule has 3 heteroatoms. The van der Waals surface area contributed by atoms with E-state index in [1.165, 1.54) is 0 Å². The molecule has 0 spiro atoms. The van der Waals surface area contributed by atoms with E-state index < -0.39 is 5.54 Å². The van der Waals surface area contributed by atoms with Gasteiger partial charge in [-0.1, -0.05) is 24.6 Å². The van der Waals surface area contributed by atoms with E-state index in [9.17, 15) is 5.26 Å². The van der Waals surface area contributed by atoms with Gasteiger partial charge in [0, 0.05) is 0 Å². The normalized spacial score (nSPS) is 26.1. The molecule has 2 N–H and O–H groups in total. The van der Waals surface area contributed by atoms with E-state index in [1.807, 2.05) is 6.07 Å². The molecule has 2 unspecified atom stereocenters. The van der Waals surface area contributed by atoms with Crippen molar-refractivity contribution in [3.8, 4) is 11.8 Å². The molecule has 3 nitrogen and oxygen atoms in total. The minimum atomic E-state index is -0.635. The first kappa shape index (κ1) is 13.9. The Bertz CT molecular complexity index is 472. The highest BCUT2D eigenvalue weighted by Crippen LogP contribution is 2.35. The number of aryl methyl sites for hydroxylation is 2. The van der Waals surface area contributed by atoms with Gasteiger partial charge in [-0.2, -0.15) is 5.26 Å². The fourth-order valence-electron chi connectivity index (χ4n) is 2.98. The van der Waals surface area contributed by atoms with Gasteiger partial charge in [-0.25, -0.2) is 0 Å². The molecule has 0 radical (unpaired) electrons. The lowest BCUT2D eigenvalue weighted by molar-refractivity contribution is 0.252. The number of ether oxygens (including phenoxy) is 1. The maximum Gasteiger partial charge on any atom is 0.125 e. The molecule has 0 aliphatic heterocycles. The average Bonchev–Trinajstić information content (AvgIpc) is 2.75. The maximum absolute atomic E-state index is 9.18. The van der Waals surface area contributed by atoms with Gasteiger partial charge in [0.1, 0.15) is 11.3 Å². The molecule has 2 atom stereocenters. The third-order valence-electron chi connectivity index (χ3n) is 4.20. The summed E-state index contributed by atoms with van der Waals surface area (Å²) in [5.41, 5.74) is 7.81. The van der Waals surface area contributed by atoms with Crippen LogP contribution in [0.3, 0.4) is 0 Å². The van der Waals surface area contributed by atoms with Crippen LogP contribution in [0.1, 0.15) is 36.8 Å². The van der Waals surface area contributed by atoms with Gasteiger partial charge in [0.15, 0.2) is 0 Å². The van der Waals surface area contributed by atoms with Gasteiger partial charge >= 0.3 is 0 Å². The smallest absolute Gasteiger partial charge is 0.125 e. The summed E-state index contributed by atoms with van der Waals surface area (Å²) >= 11 is 0. The second kappa shape index (κ2) is 5.63. The van der Waals surface area contributed by atoms with E-state index in [1.54, 1.807) is 0 Å². The van der Waals surface area contributed by atoms with Crippen LogP contribution in [-0.4, -0.2) is 12.1 Å². The Morgan fingerprint density at radius 2 is 2.11 bits per heavy atom. The van der Waals surface area contributed by atoms with E-state index >= 15 is 0 Å². The molecule has 0 amide bonds. The Hall–Kier alpha value is -1.53. The molecule has 1 aromatic rings. The van der Waals surface area contributed by atoms with Crippen molar-refractivity contribution in [1.29, 1.82) is 5.26 Å². The lowest BCUT2D eigenvalue weighted by atomic mass is 9.87. The third-order valence-corrected chi connectivity index (χ3v) is 4.20. The third kappa shape index (κ3) is 2.90. The van der Waals surface area contributed by atoms with E-state index in [2.05, 4.69) is 32.0 Å². The molecule has 2 rings (SSSR count). The van der Waals surface area contributed by atoms with Crippen LogP contribution in [0.4, 0.5) is 0 Å². The quantitative estimate of drug-likeness (QED) is 0.902. The minimum absolute atomic E-state index is 0.266. The maximum atomic E-state index is 9.18. The van der Waals surface area contributed by atoms with Crippen molar-refractivity contribution < 1.29 is 4.74 Å². The fraction of sp³-hybridized carbons (Fsp3) is 0.562. The van der Waals surface area contributed by atoms with Crippen LogP contribution in [0.15, 0.2) is 18.2 Å². The Morgan fingerprint density at radius 1 is 1.42 bits per heavy atom. The number of nitrogens with two attached hydrogens (primary N) is 1. The van der Waals surface area contributed by atoms with Crippen molar-refractivity contribution in [2.24, 2.45) is 11.7 Å². The van der Waals surface area contributed by atoms with Gasteiger partial charge in [-0.3, -0.25) is 0 Å². The number of nitriles is 1. The number of nitrogens with zero attached hydrogens (tertiary/aromatic N) is 1. The summed E-state index contributed by atoms with van der Waals surface area (Å²) in [5, 5.41) is 9.18. The first-order valence-corrected chi connectivity index (χ1v) is 6.96. The lowest BCUT2D eigenvalue weighted by Crippen LogP contribution is -2.42. The van der Waals surface area contributed by atoms with Gasteiger partial charge in [0.25, 0.3) is 0 Å². The van der Waals surface area contributed by atoms with Crippen LogP contribution in [0.2, 0.25) is 0 Å². The van der Waals surface area contributed by atoms with Crippen LogP contribution in [0.25, 0.3) is 0 Å². The van der Waals surface area contributed by atoms with E-state index in [4.69, 9.17) is 10.5 Å². The molecule has 1 aromatic carbocycles. The second-order valence-electron chi connectivity index (χ2n) is 5.60. The molecular formula is C16H22N2O. The predicted octanol–water partition coefficient (Wildman–Crippen LogP) is 3.09. The number of rotatable bonds is 4. The molecule has 1 fully saturated rings. The zero-order valence-corrected chi connectivity index (χ0v) is 11.8. The molecule has 1 saturated carbocycles. The highest BCUT2D eigenvalue weighted by molar-refractivity contribution is 5.39. The monoisotopic (exact) mass is 258 g/mol. The number of para-hydroxylation sites is 1. The summed E-state index contributed by atoms with van der Waals surface area (Å²) in [4.78, 5) is 0. The zero-order valence-electron chi connectivity index (χ0n) is 11.8. The van der Waals surface area contributed by atoms with Gasteiger partial charge in [-0.05, 0) is 50.2 Å². The number of hydrogen-bond donors (Lipinski definition) is 1. The van der Waals surface area contributed by atoms with Crippen molar-refractivity contribution in [2.75, 3.05) is 6.61 Å². The zero-order chi connectivity index (χ0) is 13.9. The summed E-state index contributed by atoms with van der Waals surface area (Å²) in [6.07, 6.45) is 3.77. The summed E-state index contributed by atoms with van der Waals surface area (Å²) in [5.74, 6) is 1.24. The molecule has 102 valence electrons. The molecule has 0 aromatic heterocycles. The summed E-state index contributed by atoms with van der Waals surface area (Å²) in [6, 6.07) is 8.43. The summed E-state index contributed by atoms with van der Waals surface area (Å²) in [6.45, 7) is 4.75. The van der Waals surface area contributed by atoms with Crippen LogP contribution in [-0.2, 0) is 0 Å². The molecular weight excluding hydrogens is 236 g/mol. The van der Waals surface area contributed by atoms with E-state index in [0.29, 0.717) is 6.61 Å². The van der Waals surface area contributed by atoms with Crippen molar-refractivity contribution in [1.82, 2.24) is 0 Å². The molecule has 0 heterocycles. The number of benzene rings is 1. The minimum Gasteiger partial charge on any atom is -0.493 e. The fourth-order valence-corrected chi connectivity index (χ4v) is 2.98. The Morgan fingerprint density at radius 3 is 2.74 bits per heavy atom. The molecule has 19 heavy (non-hydrogen) atoms. The number of hydrogen-bond acceptors (Lipinski definition) is 3. The standard InChI is InChI=1S/C16H22N2O/c1-12-5-3-6-13(2)15(12)19-10-8-14-7-4-9-16(14,18)11-17/h3,5-6,14H,4,7-10,18H2,1-2H3. The van der Waals surface area contributed by atoms with Crippen molar-refractivity contribution in [3.05, 3.63) is 29.3 Å². The topological polar surface area (TPSA) is 59.0 Å². The SMILES string of the molecule is Cc1cccc(C)c1OCCC1CCCC1(N)C#N. The first-order valence-electron chi connectivity index (χ1n) is 6.96. The highest BCUT2D eigenvalue weighted by atomic mass is 16.5. The first-order chi connectivity index (χ1) is 9.07. The molecule has 0 bridgehead atoms. The molecule has 1 aliphatic carbocycles.